The molecule has 0 aliphatic rings. The second-order valence-corrected chi connectivity index (χ2v) is 18.1. The normalized spacial score (nSPS) is 11.0. The van der Waals surface area contributed by atoms with Gasteiger partial charge < -0.3 is 42.8 Å². The van der Waals surface area contributed by atoms with Crippen molar-refractivity contribution >= 4 is 33.6 Å². The van der Waals surface area contributed by atoms with Gasteiger partial charge in [0.25, 0.3) is 0 Å². The van der Waals surface area contributed by atoms with E-state index in [9.17, 15) is 29.4 Å². The molecule has 0 aliphatic heterocycles. The van der Waals surface area contributed by atoms with Crippen molar-refractivity contribution in [3.05, 3.63) is 119 Å². The molecular formula is C28H28O6P2S2Zn3. The maximum atomic E-state index is 11.7. The standard InChI is InChI=1S/2C14H14O3PS.3Zn/c2*1-11-7-3-5-9-13(11)19(18(15,16)17)14-10-6-4-8-12(14)2;;;/h2*3-10H,1-2H3;;;/q2*-3;3*+2. The van der Waals surface area contributed by atoms with Crippen molar-refractivity contribution in [2.24, 2.45) is 0 Å². The first kappa shape index (κ1) is 41.1. The van der Waals surface area contributed by atoms with Crippen molar-refractivity contribution < 1.29 is 87.8 Å². The monoisotopic (exact) mass is 778 g/mol. The molecule has 0 saturated carbocycles. The molecule has 6 nitrogen and oxygen atoms in total. The molecular weight excluding hydrogens is 755 g/mol. The van der Waals surface area contributed by atoms with Gasteiger partial charge in [0, 0.05) is 19.6 Å². The fraction of sp³-hybridized carbons (Fsp3) is 0.143. The van der Waals surface area contributed by atoms with Gasteiger partial charge >= 0.3 is 58.4 Å². The van der Waals surface area contributed by atoms with Gasteiger partial charge in [-0.05, 0) is 74.2 Å². The molecule has 4 aromatic rings. The molecule has 0 N–H and O–H groups in total. The molecule has 0 saturated heterocycles. The van der Waals surface area contributed by atoms with Gasteiger partial charge in [-0.2, -0.15) is 20.1 Å². The Morgan fingerprint density at radius 2 is 0.537 bits per heavy atom. The summed E-state index contributed by atoms with van der Waals surface area (Å²) in [5.41, 5.74) is 3.28. The Morgan fingerprint density at radius 1 is 0.366 bits per heavy atom. The molecule has 41 heavy (non-hydrogen) atoms. The molecule has 0 spiro atoms. The van der Waals surface area contributed by atoms with E-state index in [2.05, 4.69) is 0 Å². The maximum absolute atomic E-state index is 11.7. The molecule has 0 atom stereocenters. The number of hydrogen-bond donors (Lipinski definition) is 0. The van der Waals surface area contributed by atoms with Crippen LogP contribution in [0.25, 0.3) is 0 Å². The zero-order valence-corrected chi connectivity index (χ0v) is 35.8. The summed E-state index contributed by atoms with van der Waals surface area (Å²) in [6.45, 7) is -2.20. The van der Waals surface area contributed by atoms with E-state index in [-0.39, 0.29) is 58.4 Å². The predicted molar refractivity (Wildman–Crippen MR) is 146 cm³/mol. The van der Waals surface area contributed by atoms with Crippen molar-refractivity contribution in [2.75, 3.05) is 0 Å². The van der Waals surface area contributed by atoms with Crippen LogP contribution in [0.2, 0.25) is 0 Å². The van der Waals surface area contributed by atoms with Crippen LogP contribution in [0.3, 0.4) is 0 Å². The Hall–Kier alpha value is 0.0701. The number of hydrogen-bond acceptors (Lipinski definition) is 6. The van der Waals surface area contributed by atoms with Crippen LogP contribution in [0.4, 0.5) is 0 Å². The minimum Gasteiger partial charge on any atom is -0.847 e. The molecule has 0 amide bonds. The predicted octanol–water partition coefficient (Wildman–Crippen LogP) is 2.19. The van der Waals surface area contributed by atoms with E-state index in [1.165, 1.54) is 0 Å². The van der Waals surface area contributed by atoms with Crippen LogP contribution in [0, 0.1) is 27.7 Å². The van der Waals surface area contributed by atoms with Crippen molar-refractivity contribution in [1.82, 2.24) is 0 Å². The van der Waals surface area contributed by atoms with E-state index >= 15 is 0 Å². The summed E-state index contributed by atoms with van der Waals surface area (Å²) < 4.78 is 0. The van der Waals surface area contributed by atoms with Gasteiger partial charge in [-0.3, -0.25) is 0 Å². The molecule has 0 unspecified atom stereocenters. The number of rotatable bonds is 4. The summed E-state index contributed by atoms with van der Waals surface area (Å²) in [4.78, 5) is 72.7. The summed E-state index contributed by atoms with van der Waals surface area (Å²) >= 11 is 0. The Labute approximate surface area is 285 Å². The minimum absolute atomic E-state index is 0. The third kappa shape index (κ3) is 11.2. The molecule has 4 rings (SSSR count). The van der Waals surface area contributed by atoms with Gasteiger partial charge in [-0.15, -0.1) is 0 Å². The smallest absolute Gasteiger partial charge is 0.847 e. The van der Waals surface area contributed by atoms with E-state index < -0.39 is 33.6 Å². The molecule has 0 radical (unpaired) electrons. The maximum Gasteiger partial charge on any atom is 2.00 e. The Kier molecular flexibility index (Phi) is 18.2. The van der Waals surface area contributed by atoms with Gasteiger partial charge in [0.15, 0.2) is 0 Å². The minimum atomic E-state index is -4.75. The third-order valence-electron chi connectivity index (χ3n) is 5.65. The topological polar surface area (TPSA) is 138 Å². The molecule has 4 aromatic carbocycles. The summed E-state index contributed by atoms with van der Waals surface area (Å²) in [7, 11) is -2.89. The molecule has 0 fully saturated rings. The second-order valence-electron chi connectivity index (χ2n) is 8.53. The average Bonchev–Trinajstić information content (AvgIpc) is 2.83. The molecule has 13 heteroatoms. The van der Waals surface area contributed by atoms with Gasteiger partial charge in [-0.25, -0.2) is 0 Å². The average molecular weight is 783 g/mol. The van der Waals surface area contributed by atoms with E-state index in [1.807, 2.05) is 76.2 Å². The van der Waals surface area contributed by atoms with Crippen molar-refractivity contribution in [2.45, 2.75) is 47.3 Å². The van der Waals surface area contributed by atoms with Crippen molar-refractivity contribution in [1.29, 1.82) is 0 Å². The fourth-order valence-electron chi connectivity index (χ4n) is 3.81. The third-order valence-corrected chi connectivity index (χ3v) is 15.1. The van der Waals surface area contributed by atoms with E-state index in [1.54, 1.807) is 48.5 Å². The van der Waals surface area contributed by atoms with Crippen molar-refractivity contribution in [3.8, 4) is 0 Å². The number of aryl methyl sites for hydroxylation is 4. The van der Waals surface area contributed by atoms with Crippen LogP contribution >= 0.6 is 13.4 Å². The van der Waals surface area contributed by atoms with Crippen LogP contribution in [-0.4, -0.2) is 0 Å². The zero-order valence-electron chi connectivity index (χ0n) is 23.5. The quantitative estimate of drug-likeness (QED) is 0.230. The summed E-state index contributed by atoms with van der Waals surface area (Å²) in [5.74, 6) is 0. The molecule has 0 aromatic heterocycles. The molecule has 0 heterocycles. The number of benzene rings is 4. The first-order chi connectivity index (χ1) is 17.8. The fourth-order valence-corrected chi connectivity index (χ4v) is 12.9. The van der Waals surface area contributed by atoms with E-state index in [4.69, 9.17) is 0 Å². The first-order valence-electron chi connectivity index (χ1n) is 11.6. The summed E-state index contributed by atoms with van der Waals surface area (Å²) in [6.07, 6.45) is 0. The van der Waals surface area contributed by atoms with Crippen LogP contribution in [0.1, 0.15) is 22.3 Å². The van der Waals surface area contributed by atoms with Gasteiger partial charge in [0.05, 0.1) is 0 Å². The van der Waals surface area contributed by atoms with Crippen LogP contribution in [-0.2, 0) is 78.6 Å². The second kappa shape index (κ2) is 18.1. The van der Waals surface area contributed by atoms with Crippen LogP contribution in [0.5, 0.6) is 0 Å². The Morgan fingerprint density at radius 3 is 0.683 bits per heavy atom. The molecule has 204 valence electrons. The molecule has 0 aliphatic carbocycles. The first-order valence-corrected chi connectivity index (χ1v) is 18.3. The van der Waals surface area contributed by atoms with E-state index in [0.717, 1.165) is 22.3 Å². The van der Waals surface area contributed by atoms with Gasteiger partial charge in [-0.1, -0.05) is 72.8 Å². The summed E-state index contributed by atoms with van der Waals surface area (Å²) in [6, 6.07) is 28.5. The Balaban J connectivity index is 0.000000727. The van der Waals surface area contributed by atoms with Gasteiger partial charge in [0.2, 0.25) is 0 Å². The largest absolute Gasteiger partial charge is 2.00 e. The zero-order chi connectivity index (χ0) is 28.1. The van der Waals surface area contributed by atoms with Gasteiger partial charge in [0.1, 0.15) is 0 Å². The SMILES string of the molecule is Cc1ccccc1S(c1ccccc1C)=P([O-])([O-])[O-].Cc1ccccc1S(c1ccccc1C)=P([O-])([O-])[O-].[Zn+2].[Zn+2].[Zn+2]. The van der Waals surface area contributed by atoms with Crippen LogP contribution < -0.4 is 29.4 Å². The van der Waals surface area contributed by atoms with Crippen LogP contribution in [0.15, 0.2) is 117 Å². The Bertz CT molecular complexity index is 1340. The summed E-state index contributed by atoms with van der Waals surface area (Å²) in [5, 5.41) is 0. The van der Waals surface area contributed by atoms with Crippen molar-refractivity contribution in [3.63, 3.8) is 0 Å². The molecule has 0 bridgehead atoms. The van der Waals surface area contributed by atoms with E-state index in [0.29, 0.717) is 19.6 Å².